The van der Waals surface area contributed by atoms with Crippen LogP contribution in [0.2, 0.25) is 0 Å². The molecule has 0 heteroatoms. The van der Waals surface area contributed by atoms with Gasteiger partial charge < -0.3 is 0 Å². The van der Waals surface area contributed by atoms with E-state index in [2.05, 4.69) is 194 Å². The second-order valence-corrected chi connectivity index (χ2v) is 13.9. The van der Waals surface area contributed by atoms with E-state index >= 15 is 0 Å². The van der Waals surface area contributed by atoms with Crippen molar-refractivity contribution in [2.45, 2.75) is 0 Å². The molecule has 11 rings (SSSR count). The molecule has 0 fully saturated rings. The van der Waals surface area contributed by atoms with Crippen LogP contribution in [0.15, 0.2) is 194 Å². The number of hydrogen-bond donors (Lipinski definition) is 0. The topological polar surface area (TPSA) is 0 Å². The molecule has 0 spiro atoms. The van der Waals surface area contributed by atoms with Gasteiger partial charge >= 0.3 is 0 Å². The van der Waals surface area contributed by atoms with Gasteiger partial charge in [0.15, 0.2) is 0 Å². The third-order valence-corrected chi connectivity index (χ3v) is 11.1. The zero-order chi connectivity index (χ0) is 34.2. The van der Waals surface area contributed by atoms with Crippen LogP contribution in [0.4, 0.5) is 0 Å². The first-order chi connectivity index (χ1) is 25.8. The Balaban J connectivity index is 1.55. The van der Waals surface area contributed by atoms with Crippen LogP contribution in [0, 0.1) is 0 Å². The molecule has 0 bridgehead atoms. The maximum Gasteiger partial charge on any atom is -0.000696 e. The lowest BCUT2D eigenvalue weighted by atomic mass is 9.76. The van der Waals surface area contributed by atoms with Crippen molar-refractivity contribution in [2.75, 3.05) is 0 Å². The van der Waals surface area contributed by atoms with Crippen LogP contribution in [0.1, 0.15) is 0 Å². The highest BCUT2D eigenvalue weighted by Crippen LogP contribution is 2.55. The zero-order valence-corrected chi connectivity index (χ0v) is 28.5. The maximum atomic E-state index is 2.53. The monoisotopic (exact) mass is 656 g/mol. The van der Waals surface area contributed by atoms with Gasteiger partial charge in [-0.05, 0) is 121 Å². The average Bonchev–Trinajstić information content (AvgIpc) is 3.22. The Morgan fingerprint density at radius 2 is 0.635 bits per heavy atom. The molecular formula is C52H32. The lowest BCUT2D eigenvalue weighted by Crippen LogP contribution is -1.99. The highest BCUT2D eigenvalue weighted by molar-refractivity contribution is 6.43. The van der Waals surface area contributed by atoms with E-state index in [1.54, 1.807) is 0 Å². The molecule has 52 heavy (non-hydrogen) atoms. The van der Waals surface area contributed by atoms with E-state index in [9.17, 15) is 0 Å². The molecule has 0 saturated heterocycles. The van der Waals surface area contributed by atoms with Crippen LogP contribution in [0.5, 0.6) is 0 Å². The minimum Gasteiger partial charge on any atom is -0.0622 e. The molecule has 0 N–H and O–H groups in total. The molecule has 0 heterocycles. The summed E-state index contributed by atoms with van der Waals surface area (Å²) in [7, 11) is 0. The number of hydrogen-bond acceptors (Lipinski definition) is 0. The molecule has 0 aliphatic heterocycles. The fraction of sp³-hybridized carbons (Fsp3) is 0. The first kappa shape index (κ1) is 29.0. The molecular weight excluding hydrogens is 625 g/mol. The summed E-state index contributed by atoms with van der Waals surface area (Å²) in [6.07, 6.45) is 0. The van der Waals surface area contributed by atoms with Gasteiger partial charge in [0.05, 0.1) is 0 Å². The SMILES string of the molecule is c1ccc(-c2c(-c3ccccc3)c(-c3ccccc3)c3c(cc4c5ccccc5cc5c6cccc7cccc(c76)c3c45)c2-c2ccccc2)cc1. The summed E-state index contributed by atoms with van der Waals surface area (Å²) < 4.78 is 0. The first-order valence-electron chi connectivity index (χ1n) is 18.1. The summed E-state index contributed by atoms with van der Waals surface area (Å²) in [5.41, 5.74) is 9.89. The number of benzene rings is 11. The molecule has 0 saturated carbocycles. The average molecular weight is 657 g/mol. The van der Waals surface area contributed by atoms with E-state index in [-0.39, 0.29) is 0 Å². The molecule has 240 valence electrons. The Kier molecular flexibility index (Phi) is 6.35. The van der Waals surface area contributed by atoms with Crippen molar-refractivity contribution in [3.8, 4) is 44.5 Å². The zero-order valence-electron chi connectivity index (χ0n) is 28.5. The summed E-state index contributed by atoms with van der Waals surface area (Å²) >= 11 is 0. The van der Waals surface area contributed by atoms with Crippen molar-refractivity contribution in [2.24, 2.45) is 0 Å². The molecule has 11 aromatic rings. The fourth-order valence-corrected chi connectivity index (χ4v) is 9.08. The third kappa shape index (κ3) is 4.16. The van der Waals surface area contributed by atoms with Crippen LogP contribution in [-0.4, -0.2) is 0 Å². The van der Waals surface area contributed by atoms with Gasteiger partial charge in [0.25, 0.3) is 0 Å². The summed E-state index contributed by atoms with van der Waals surface area (Å²) in [5, 5.41) is 15.6. The molecule has 0 amide bonds. The predicted molar refractivity (Wildman–Crippen MR) is 224 cm³/mol. The van der Waals surface area contributed by atoms with Crippen molar-refractivity contribution >= 4 is 64.6 Å². The van der Waals surface area contributed by atoms with E-state index in [1.807, 2.05) is 0 Å². The fourth-order valence-electron chi connectivity index (χ4n) is 9.08. The Labute approximate surface area is 302 Å². The van der Waals surface area contributed by atoms with Gasteiger partial charge in [-0.25, -0.2) is 0 Å². The molecule has 0 aliphatic rings. The van der Waals surface area contributed by atoms with E-state index in [1.165, 1.54) is 109 Å². The minimum atomic E-state index is 1.21. The van der Waals surface area contributed by atoms with Crippen LogP contribution in [-0.2, 0) is 0 Å². The lowest BCUT2D eigenvalue weighted by Gasteiger charge is -2.27. The second kappa shape index (κ2) is 11.4. The van der Waals surface area contributed by atoms with Crippen LogP contribution in [0.3, 0.4) is 0 Å². The summed E-state index contributed by atoms with van der Waals surface area (Å²) in [4.78, 5) is 0. The highest BCUT2D eigenvalue weighted by atomic mass is 14.3. The predicted octanol–water partition coefficient (Wildman–Crippen LogP) is 14.7. The van der Waals surface area contributed by atoms with Crippen molar-refractivity contribution in [1.29, 1.82) is 0 Å². The van der Waals surface area contributed by atoms with E-state index < -0.39 is 0 Å². The molecule has 0 aliphatic carbocycles. The van der Waals surface area contributed by atoms with E-state index in [4.69, 9.17) is 0 Å². The van der Waals surface area contributed by atoms with E-state index in [0.29, 0.717) is 0 Å². The molecule has 0 unspecified atom stereocenters. The standard InChI is InChI=1S/C52H32/c1-5-17-34(18-6-1)46-44-32-43-39-28-14-13-25-38(39)31-42-40-29-15-26-33-27-16-30-41(45(33)40)51(50(42)43)52(44)49(37-23-11-4-12-24-37)48(36-21-9-3-10-22-36)47(46)35-19-7-2-8-20-35/h1-32H. The summed E-state index contributed by atoms with van der Waals surface area (Å²) in [5.74, 6) is 0. The van der Waals surface area contributed by atoms with Crippen LogP contribution in [0.25, 0.3) is 109 Å². The quantitative estimate of drug-likeness (QED) is 0.131. The molecule has 0 radical (unpaired) electrons. The van der Waals surface area contributed by atoms with Gasteiger partial charge in [-0.1, -0.05) is 182 Å². The second-order valence-electron chi connectivity index (χ2n) is 13.9. The Bertz CT molecular complexity index is 3120. The van der Waals surface area contributed by atoms with Gasteiger partial charge in [0, 0.05) is 0 Å². The Hall–Kier alpha value is -6.76. The Morgan fingerprint density at radius 3 is 1.25 bits per heavy atom. The van der Waals surface area contributed by atoms with Crippen molar-refractivity contribution < 1.29 is 0 Å². The number of rotatable bonds is 4. The normalized spacial score (nSPS) is 11.8. The largest absolute Gasteiger partial charge is 0.0622 e. The van der Waals surface area contributed by atoms with Gasteiger partial charge in [-0.3, -0.25) is 0 Å². The molecule has 0 aromatic heterocycles. The summed E-state index contributed by atoms with van der Waals surface area (Å²) in [6, 6.07) is 71.9. The van der Waals surface area contributed by atoms with Crippen molar-refractivity contribution in [3.05, 3.63) is 194 Å². The third-order valence-electron chi connectivity index (χ3n) is 11.1. The van der Waals surface area contributed by atoms with Gasteiger partial charge in [0.1, 0.15) is 0 Å². The van der Waals surface area contributed by atoms with Gasteiger partial charge in [-0.2, -0.15) is 0 Å². The lowest BCUT2D eigenvalue weighted by molar-refractivity contribution is 1.57. The molecule has 0 nitrogen and oxygen atoms in total. The van der Waals surface area contributed by atoms with Crippen LogP contribution >= 0.6 is 0 Å². The Morgan fingerprint density at radius 1 is 0.192 bits per heavy atom. The smallest absolute Gasteiger partial charge is 0.000696 e. The molecule has 0 atom stereocenters. The minimum absolute atomic E-state index is 1.21. The van der Waals surface area contributed by atoms with Crippen molar-refractivity contribution in [1.82, 2.24) is 0 Å². The van der Waals surface area contributed by atoms with Crippen LogP contribution < -0.4 is 0 Å². The molecule has 11 aromatic carbocycles. The van der Waals surface area contributed by atoms with Gasteiger partial charge in [0.2, 0.25) is 0 Å². The number of fused-ring (bicyclic) bond motifs is 6. The van der Waals surface area contributed by atoms with Gasteiger partial charge in [-0.15, -0.1) is 0 Å². The van der Waals surface area contributed by atoms with Crippen molar-refractivity contribution in [3.63, 3.8) is 0 Å². The maximum absolute atomic E-state index is 2.53. The first-order valence-corrected chi connectivity index (χ1v) is 18.1. The van der Waals surface area contributed by atoms with E-state index in [0.717, 1.165) is 0 Å². The highest BCUT2D eigenvalue weighted by Gasteiger charge is 2.27. The summed E-state index contributed by atoms with van der Waals surface area (Å²) in [6.45, 7) is 0.